The van der Waals surface area contributed by atoms with E-state index in [1.807, 2.05) is 0 Å². The molecular weight excluding hydrogens is 250 g/mol. The van der Waals surface area contributed by atoms with Crippen LogP contribution in [0, 0.1) is 23.2 Å². The van der Waals surface area contributed by atoms with E-state index in [0.29, 0.717) is 5.78 Å². The van der Waals surface area contributed by atoms with E-state index in [1.165, 1.54) is 38.5 Å². The lowest BCUT2D eigenvalue weighted by molar-refractivity contribution is -0.144. The number of Topliss-reactive ketones (excluding diaryl/α,β-unsaturated/α-hetero) is 1. The van der Waals surface area contributed by atoms with Crippen LogP contribution in [0.2, 0.25) is 0 Å². The van der Waals surface area contributed by atoms with Gasteiger partial charge in [0.25, 0.3) is 0 Å². The number of rotatable bonds is 4. The Kier molecular flexibility index (Phi) is 3.38. The number of morpholine rings is 1. The quantitative estimate of drug-likeness (QED) is 0.790. The lowest BCUT2D eigenvalue weighted by Crippen LogP contribution is -2.50. The molecule has 0 atom stereocenters. The second kappa shape index (κ2) is 5.10. The maximum atomic E-state index is 12.9. The summed E-state index contributed by atoms with van der Waals surface area (Å²) in [5.74, 6) is 3.25. The van der Waals surface area contributed by atoms with Crippen molar-refractivity contribution in [3.63, 3.8) is 0 Å². The minimum atomic E-state index is 0.112. The average molecular weight is 277 g/mol. The largest absolute Gasteiger partial charge is 0.379 e. The summed E-state index contributed by atoms with van der Waals surface area (Å²) in [6.45, 7) is 4.66. The molecule has 0 N–H and O–H groups in total. The van der Waals surface area contributed by atoms with E-state index in [4.69, 9.17) is 4.74 Å². The Balaban J connectivity index is 1.38. The fourth-order valence-electron chi connectivity index (χ4n) is 5.80. The Morgan fingerprint density at radius 2 is 1.55 bits per heavy atom. The lowest BCUT2D eigenvalue weighted by Gasteiger charge is -2.56. The van der Waals surface area contributed by atoms with Crippen molar-refractivity contribution in [1.29, 1.82) is 0 Å². The van der Waals surface area contributed by atoms with Crippen molar-refractivity contribution in [2.45, 2.75) is 44.9 Å². The van der Waals surface area contributed by atoms with Crippen LogP contribution in [-0.4, -0.2) is 43.5 Å². The highest BCUT2D eigenvalue weighted by Gasteiger charge is 2.53. The predicted octanol–water partition coefficient (Wildman–Crippen LogP) is 2.49. The van der Waals surface area contributed by atoms with Crippen LogP contribution in [0.5, 0.6) is 0 Å². The first-order chi connectivity index (χ1) is 9.73. The molecule has 5 aliphatic rings. The maximum absolute atomic E-state index is 12.9. The maximum Gasteiger partial charge on any atom is 0.140 e. The number of ketones is 1. The van der Waals surface area contributed by atoms with E-state index in [1.54, 1.807) is 0 Å². The molecule has 4 saturated carbocycles. The summed E-state index contributed by atoms with van der Waals surface area (Å²) in [7, 11) is 0. The summed E-state index contributed by atoms with van der Waals surface area (Å²) < 4.78 is 5.38. The van der Waals surface area contributed by atoms with Gasteiger partial charge in [0.2, 0.25) is 0 Å². The molecule has 5 rings (SSSR count). The zero-order valence-corrected chi connectivity index (χ0v) is 12.5. The van der Waals surface area contributed by atoms with Gasteiger partial charge in [0.15, 0.2) is 0 Å². The Morgan fingerprint density at radius 1 is 1.00 bits per heavy atom. The van der Waals surface area contributed by atoms with E-state index in [0.717, 1.165) is 57.0 Å². The van der Waals surface area contributed by atoms with E-state index >= 15 is 0 Å². The van der Waals surface area contributed by atoms with Gasteiger partial charge in [-0.05, 0) is 56.3 Å². The highest BCUT2D eigenvalue weighted by Crippen LogP contribution is 2.60. The van der Waals surface area contributed by atoms with Gasteiger partial charge in [-0.15, -0.1) is 0 Å². The third-order valence-corrected chi connectivity index (χ3v) is 6.39. The summed E-state index contributed by atoms with van der Waals surface area (Å²) in [4.78, 5) is 15.3. The van der Waals surface area contributed by atoms with Crippen molar-refractivity contribution in [3.8, 4) is 0 Å². The molecular formula is C17H27NO2. The normalized spacial score (nSPS) is 43.9. The molecule has 1 aliphatic heterocycles. The van der Waals surface area contributed by atoms with Crippen molar-refractivity contribution >= 4 is 5.78 Å². The number of carbonyl (C=O) groups excluding carboxylic acids is 1. The Labute approximate surface area is 122 Å². The fraction of sp³-hybridized carbons (Fsp3) is 0.941. The molecule has 0 spiro atoms. The number of nitrogens with zero attached hydrogens (tertiary/aromatic N) is 1. The highest BCUT2D eigenvalue weighted by molar-refractivity contribution is 5.85. The van der Waals surface area contributed by atoms with E-state index in [2.05, 4.69) is 4.90 Å². The average Bonchev–Trinajstić information content (AvgIpc) is 2.44. The number of hydrogen-bond donors (Lipinski definition) is 0. The molecule has 0 aromatic carbocycles. The van der Waals surface area contributed by atoms with Crippen LogP contribution < -0.4 is 0 Å². The van der Waals surface area contributed by atoms with E-state index < -0.39 is 0 Å². The number of ether oxygens (including phenoxy) is 1. The molecule has 0 aromatic rings. The summed E-state index contributed by atoms with van der Waals surface area (Å²) >= 11 is 0. The van der Waals surface area contributed by atoms with Crippen LogP contribution in [-0.2, 0) is 9.53 Å². The molecule has 3 nitrogen and oxygen atoms in total. The van der Waals surface area contributed by atoms with Gasteiger partial charge in [-0.2, -0.15) is 0 Å². The minimum Gasteiger partial charge on any atom is -0.379 e. The molecule has 1 saturated heterocycles. The molecule has 4 bridgehead atoms. The molecule has 0 aromatic heterocycles. The second-order valence-corrected chi connectivity index (χ2v) is 7.83. The van der Waals surface area contributed by atoms with Gasteiger partial charge >= 0.3 is 0 Å². The van der Waals surface area contributed by atoms with Gasteiger partial charge in [0.05, 0.1) is 13.2 Å². The molecule has 0 radical (unpaired) electrons. The van der Waals surface area contributed by atoms with Crippen LogP contribution in [0.3, 0.4) is 0 Å². The molecule has 5 fully saturated rings. The molecule has 0 unspecified atom stereocenters. The first-order valence-corrected chi connectivity index (χ1v) is 8.57. The molecule has 1 heterocycles. The van der Waals surface area contributed by atoms with Gasteiger partial charge < -0.3 is 4.74 Å². The SMILES string of the molecule is O=C(CCN1CCOCC1)C12CC3CC(CC(C3)C1)C2. The highest BCUT2D eigenvalue weighted by atomic mass is 16.5. The fourth-order valence-corrected chi connectivity index (χ4v) is 5.80. The minimum absolute atomic E-state index is 0.112. The van der Waals surface area contributed by atoms with E-state index in [9.17, 15) is 4.79 Å². The smallest absolute Gasteiger partial charge is 0.140 e. The Hall–Kier alpha value is -0.410. The zero-order valence-electron chi connectivity index (χ0n) is 12.5. The van der Waals surface area contributed by atoms with Crippen LogP contribution in [0.15, 0.2) is 0 Å². The van der Waals surface area contributed by atoms with Crippen molar-refractivity contribution in [2.75, 3.05) is 32.8 Å². The molecule has 20 heavy (non-hydrogen) atoms. The number of carbonyl (C=O) groups is 1. The summed E-state index contributed by atoms with van der Waals surface area (Å²) in [6.07, 6.45) is 8.73. The molecule has 0 amide bonds. The van der Waals surface area contributed by atoms with Gasteiger partial charge in [0, 0.05) is 31.5 Å². The van der Waals surface area contributed by atoms with Gasteiger partial charge in [-0.3, -0.25) is 9.69 Å². The Morgan fingerprint density at radius 3 is 2.10 bits per heavy atom. The van der Waals surface area contributed by atoms with Crippen LogP contribution in [0.25, 0.3) is 0 Å². The van der Waals surface area contributed by atoms with Gasteiger partial charge in [-0.1, -0.05) is 0 Å². The molecule has 4 aliphatic carbocycles. The number of hydrogen-bond acceptors (Lipinski definition) is 3. The van der Waals surface area contributed by atoms with Crippen molar-refractivity contribution in [3.05, 3.63) is 0 Å². The standard InChI is InChI=1S/C17H27NO2/c19-16(1-2-18-3-5-20-6-4-18)17-10-13-7-14(11-17)9-15(8-13)12-17/h13-15H,1-12H2. The van der Waals surface area contributed by atoms with Crippen LogP contribution in [0.1, 0.15) is 44.9 Å². The van der Waals surface area contributed by atoms with Crippen molar-refractivity contribution in [2.24, 2.45) is 23.2 Å². The van der Waals surface area contributed by atoms with Crippen molar-refractivity contribution < 1.29 is 9.53 Å². The van der Waals surface area contributed by atoms with Gasteiger partial charge in [0.1, 0.15) is 5.78 Å². The van der Waals surface area contributed by atoms with Crippen molar-refractivity contribution in [1.82, 2.24) is 4.90 Å². The monoisotopic (exact) mass is 277 g/mol. The lowest BCUT2D eigenvalue weighted by atomic mass is 9.48. The first kappa shape index (κ1) is 13.3. The van der Waals surface area contributed by atoms with Crippen LogP contribution in [0.4, 0.5) is 0 Å². The topological polar surface area (TPSA) is 29.5 Å². The summed E-state index contributed by atoms with van der Waals surface area (Å²) in [5, 5.41) is 0. The predicted molar refractivity (Wildman–Crippen MR) is 77.5 cm³/mol. The third kappa shape index (κ3) is 2.33. The van der Waals surface area contributed by atoms with Crippen LogP contribution >= 0.6 is 0 Å². The summed E-state index contributed by atoms with van der Waals surface area (Å²) in [5.41, 5.74) is 0.112. The zero-order chi connectivity index (χ0) is 13.6. The third-order valence-electron chi connectivity index (χ3n) is 6.39. The Bertz CT molecular complexity index is 351. The molecule has 112 valence electrons. The molecule has 3 heteroatoms. The van der Waals surface area contributed by atoms with E-state index in [-0.39, 0.29) is 5.41 Å². The summed E-state index contributed by atoms with van der Waals surface area (Å²) in [6, 6.07) is 0. The van der Waals surface area contributed by atoms with Gasteiger partial charge in [-0.25, -0.2) is 0 Å². The first-order valence-electron chi connectivity index (χ1n) is 8.57. The second-order valence-electron chi connectivity index (χ2n) is 7.83.